The summed E-state index contributed by atoms with van der Waals surface area (Å²) >= 11 is 0. The normalized spacial score (nSPS) is 16.6. The highest BCUT2D eigenvalue weighted by Crippen LogP contribution is 2.38. The average Bonchev–Trinajstić information content (AvgIpc) is 3.29. The van der Waals surface area contributed by atoms with Gasteiger partial charge < -0.3 is 9.30 Å². The number of sulfonamides is 1. The Balaban J connectivity index is 1.57. The maximum Gasteiger partial charge on any atom is 0.244 e. The highest BCUT2D eigenvalue weighted by Gasteiger charge is 2.37. The Labute approximate surface area is 182 Å². The zero-order valence-corrected chi connectivity index (χ0v) is 17.7. The lowest BCUT2D eigenvalue weighted by atomic mass is 10.0. The molecule has 1 aliphatic heterocycles. The van der Waals surface area contributed by atoms with Crippen LogP contribution in [-0.4, -0.2) is 23.8 Å². The van der Waals surface area contributed by atoms with Gasteiger partial charge in [0.05, 0.1) is 10.9 Å². The Morgan fingerprint density at radius 1 is 0.742 bits per heavy atom. The van der Waals surface area contributed by atoms with Crippen molar-refractivity contribution in [1.82, 2.24) is 8.87 Å². The number of aromatic nitrogens is 1. The minimum Gasteiger partial charge on any atom is -0.457 e. The molecular weight excluding hydrogens is 408 g/mol. The van der Waals surface area contributed by atoms with Crippen LogP contribution in [-0.2, 0) is 16.6 Å². The van der Waals surface area contributed by atoms with Gasteiger partial charge in [-0.25, -0.2) is 8.42 Å². The SMILES string of the molecule is O=S(=O)(c1ccccc1)N1CCn2cccc2C1c1cccc(Oc2ccccc2)c1. The number of para-hydroxylation sites is 1. The van der Waals surface area contributed by atoms with Gasteiger partial charge >= 0.3 is 0 Å². The first-order chi connectivity index (χ1) is 15.1. The molecule has 1 aromatic heterocycles. The predicted octanol–water partition coefficient (Wildman–Crippen LogP) is 5.07. The van der Waals surface area contributed by atoms with Crippen LogP contribution in [0.25, 0.3) is 0 Å². The van der Waals surface area contributed by atoms with E-state index in [2.05, 4.69) is 4.57 Å². The number of fused-ring (bicyclic) bond motifs is 1. The van der Waals surface area contributed by atoms with Crippen molar-refractivity contribution in [3.63, 3.8) is 0 Å². The van der Waals surface area contributed by atoms with Crippen molar-refractivity contribution in [3.8, 4) is 11.5 Å². The summed E-state index contributed by atoms with van der Waals surface area (Å²) in [6.45, 7) is 1.01. The molecule has 156 valence electrons. The van der Waals surface area contributed by atoms with Gasteiger partial charge in [0, 0.05) is 25.0 Å². The van der Waals surface area contributed by atoms with Crippen LogP contribution in [0.15, 0.2) is 108 Å². The summed E-state index contributed by atoms with van der Waals surface area (Å²) in [4.78, 5) is 0.302. The zero-order valence-electron chi connectivity index (χ0n) is 16.8. The molecule has 3 aromatic carbocycles. The van der Waals surface area contributed by atoms with Gasteiger partial charge in [-0.15, -0.1) is 0 Å². The summed E-state index contributed by atoms with van der Waals surface area (Å²) in [5.41, 5.74) is 1.82. The van der Waals surface area contributed by atoms with Crippen LogP contribution in [0.5, 0.6) is 11.5 Å². The van der Waals surface area contributed by atoms with E-state index in [0.29, 0.717) is 23.7 Å². The second kappa shape index (κ2) is 8.06. The summed E-state index contributed by atoms with van der Waals surface area (Å²) in [6, 6.07) is 29.4. The van der Waals surface area contributed by atoms with E-state index in [-0.39, 0.29) is 0 Å². The third kappa shape index (κ3) is 3.76. The van der Waals surface area contributed by atoms with Crippen LogP contribution < -0.4 is 4.74 Å². The summed E-state index contributed by atoms with van der Waals surface area (Å²) in [5, 5.41) is 0. The predicted molar refractivity (Wildman–Crippen MR) is 120 cm³/mol. The molecule has 0 fully saturated rings. The summed E-state index contributed by atoms with van der Waals surface area (Å²) in [7, 11) is -3.67. The third-order valence-electron chi connectivity index (χ3n) is 5.50. The molecule has 4 aromatic rings. The van der Waals surface area contributed by atoms with Crippen LogP contribution >= 0.6 is 0 Å². The van der Waals surface area contributed by atoms with Gasteiger partial charge in [-0.05, 0) is 54.1 Å². The molecule has 5 rings (SSSR count). The van der Waals surface area contributed by atoms with Crippen molar-refractivity contribution < 1.29 is 13.2 Å². The van der Waals surface area contributed by atoms with Crippen molar-refractivity contribution in [1.29, 1.82) is 0 Å². The molecule has 0 amide bonds. The quantitative estimate of drug-likeness (QED) is 0.444. The Kier molecular flexibility index (Phi) is 5.10. The molecule has 0 saturated heterocycles. The molecule has 0 aliphatic carbocycles. The van der Waals surface area contributed by atoms with Crippen molar-refractivity contribution >= 4 is 10.0 Å². The summed E-state index contributed by atoms with van der Waals surface area (Å²) in [5.74, 6) is 1.41. The maximum atomic E-state index is 13.6. The molecule has 0 radical (unpaired) electrons. The third-order valence-corrected chi connectivity index (χ3v) is 7.38. The number of benzene rings is 3. The first-order valence-electron chi connectivity index (χ1n) is 10.2. The van der Waals surface area contributed by atoms with Crippen molar-refractivity contribution in [3.05, 3.63) is 115 Å². The highest BCUT2D eigenvalue weighted by atomic mass is 32.2. The molecule has 6 heteroatoms. The van der Waals surface area contributed by atoms with Crippen molar-refractivity contribution in [2.45, 2.75) is 17.5 Å². The Hall–Kier alpha value is -3.35. The van der Waals surface area contributed by atoms with Crippen LogP contribution in [0.1, 0.15) is 17.3 Å². The minimum atomic E-state index is -3.67. The topological polar surface area (TPSA) is 51.5 Å². The minimum absolute atomic E-state index is 0.302. The van der Waals surface area contributed by atoms with Gasteiger partial charge in [-0.3, -0.25) is 0 Å². The van der Waals surface area contributed by atoms with Crippen molar-refractivity contribution in [2.24, 2.45) is 0 Å². The van der Waals surface area contributed by atoms with E-state index in [4.69, 9.17) is 4.74 Å². The molecule has 0 N–H and O–H groups in total. The average molecular weight is 431 g/mol. The number of hydrogen-bond acceptors (Lipinski definition) is 3. The molecule has 5 nitrogen and oxygen atoms in total. The molecule has 1 unspecified atom stereocenters. The Bertz CT molecular complexity index is 1280. The molecular formula is C25H22N2O3S. The molecule has 0 bridgehead atoms. The second-order valence-corrected chi connectivity index (χ2v) is 9.34. The first kappa shape index (κ1) is 19.6. The van der Waals surface area contributed by atoms with E-state index < -0.39 is 16.1 Å². The molecule has 0 saturated carbocycles. The largest absolute Gasteiger partial charge is 0.457 e. The lowest BCUT2D eigenvalue weighted by Gasteiger charge is -2.36. The van der Waals surface area contributed by atoms with E-state index in [1.165, 1.54) is 0 Å². The molecule has 1 aliphatic rings. The molecule has 2 heterocycles. The van der Waals surface area contributed by atoms with Gasteiger partial charge in [0.2, 0.25) is 10.0 Å². The van der Waals surface area contributed by atoms with Crippen LogP contribution in [0.4, 0.5) is 0 Å². The van der Waals surface area contributed by atoms with Gasteiger partial charge in [0.25, 0.3) is 0 Å². The Morgan fingerprint density at radius 3 is 2.23 bits per heavy atom. The van der Waals surface area contributed by atoms with E-state index in [9.17, 15) is 8.42 Å². The lowest BCUT2D eigenvalue weighted by molar-refractivity contribution is 0.298. The maximum absolute atomic E-state index is 13.6. The van der Waals surface area contributed by atoms with E-state index in [1.807, 2.05) is 79.0 Å². The van der Waals surface area contributed by atoms with Gasteiger partial charge in [0.15, 0.2) is 0 Å². The van der Waals surface area contributed by atoms with E-state index >= 15 is 0 Å². The summed E-state index contributed by atoms with van der Waals surface area (Å²) < 4.78 is 36.9. The molecule has 1 atom stereocenters. The monoisotopic (exact) mass is 430 g/mol. The number of nitrogens with zero attached hydrogens (tertiary/aromatic N) is 2. The number of ether oxygens (including phenoxy) is 1. The molecule has 0 spiro atoms. The molecule has 31 heavy (non-hydrogen) atoms. The number of rotatable bonds is 5. The van der Waals surface area contributed by atoms with Crippen LogP contribution in [0, 0.1) is 0 Å². The van der Waals surface area contributed by atoms with Crippen LogP contribution in [0.2, 0.25) is 0 Å². The van der Waals surface area contributed by atoms with Gasteiger partial charge in [-0.2, -0.15) is 4.31 Å². The fourth-order valence-electron chi connectivity index (χ4n) is 4.06. The van der Waals surface area contributed by atoms with Gasteiger partial charge in [-0.1, -0.05) is 48.5 Å². The van der Waals surface area contributed by atoms with Crippen LogP contribution in [0.3, 0.4) is 0 Å². The fourth-order valence-corrected chi connectivity index (χ4v) is 5.66. The van der Waals surface area contributed by atoms with E-state index in [1.54, 1.807) is 28.6 Å². The standard InChI is InChI=1S/C25H22N2O3S/c28-31(29,23-13-5-2-6-14-23)27-18-17-26-16-8-15-24(26)25(27)20-9-7-12-22(19-20)30-21-10-3-1-4-11-21/h1-16,19,25H,17-18H2. The second-order valence-electron chi connectivity index (χ2n) is 7.45. The zero-order chi connectivity index (χ0) is 21.3. The number of hydrogen-bond donors (Lipinski definition) is 0. The smallest absolute Gasteiger partial charge is 0.244 e. The van der Waals surface area contributed by atoms with E-state index in [0.717, 1.165) is 17.0 Å². The lowest BCUT2D eigenvalue weighted by Crippen LogP contribution is -2.42. The Morgan fingerprint density at radius 2 is 1.45 bits per heavy atom. The highest BCUT2D eigenvalue weighted by molar-refractivity contribution is 7.89. The fraction of sp³-hybridized carbons (Fsp3) is 0.120. The van der Waals surface area contributed by atoms with Gasteiger partial charge in [0.1, 0.15) is 11.5 Å². The first-order valence-corrected chi connectivity index (χ1v) is 11.6. The summed E-state index contributed by atoms with van der Waals surface area (Å²) in [6.07, 6.45) is 2.00. The van der Waals surface area contributed by atoms with Crippen molar-refractivity contribution in [2.75, 3.05) is 6.54 Å².